The van der Waals surface area contributed by atoms with Crippen molar-refractivity contribution in [1.82, 2.24) is 0 Å². The lowest BCUT2D eigenvalue weighted by Gasteiger charge is -2.18. The molecule has 58 valence electrons. The van der Waals surface area contributed by atoms with E-state index >= 15 is 0 Å². The maximum absolute atomic E-state index is 12.0. The van der Waals surface area contributed by atoms with E-state index < -0.39 is 12.3 Å². The summed E-state index contributed by atoms with van der Waals surface area (Å²) in [5.41, 5.74) is 0. The van der Waals surface area contributed by atoms with Crippen molar-refractivity contribution in [3.63, 3.8) is 0 Å². The molecule has 1 aliphatic carbocycles. The maximum Gasteiger partial charge on any atom is 0.248 e. The van der Waals surface area contributed by atoms with E-state index in [1.807, 2.05) is 0 Å². The lowest BCUT2D eigenvalue weighted by Crippen LogP contribution is -2.25. The normalized spacial score (nSPS) is 27.5. The Balaban J connectivity index is 2.48. The zero-order valence-corrected chi connectivity index (χ0v) is 5.65. The van der Waals surface area contributed by atoms with E-state index in [2.05, 4.69) is 0 Å². The second kappa shape index (κ2) is 3.08. The molecule has 1 rings (SSSR count). The first-order valence-electron chi connectivity index (χ1n) is 3.52. The first-order valence-corrected chi connectivity index (χ1v) is 3.52. The predicted molar refractivity (Wildman–Crippen MR) is 33.0 cm³/mol. The molecule has 0 N–H and O–H groups in total. The van der Waals surface area contributed by atoms with Crippen LogP contribution in [0.2, 0.25) is 0 Å². The van der Waals surface area contributed by atoms with Crippen LogP contribution in [0.25, 0.3) is 0 Å². The van der Waals surface area contributed by atoms with Crippen LogP contribution in [0.3, 0.4) is 0 Å². The van der Waals surface area contributed by atoms with E-state index in [1.54, 1.807) is 0 Å². The van der Waals surface area contributed by atoms with Crippen molar-refractivity contribution in [1.29, 1.82) is 0 Å². The Morgan fingerprint density at radius 1 is 1.40 bits per heavy atom. The fourth-order valence-corrected chi connectivity index (χ4v) is 1.28. The Morgan fingerprint density at radius 3 is 2.50 bits per heavy atom. The number of halogens is 2. The number of carbonyl (C=O) groups is 1. The first-order chi connectivity index (χ1) is 4.72. The Morgan fingerprint density at radius 2 is 2.10 bits per heavy atom. The molecule has 1 atom stereocenters. The number of hydrogen-bond acceptors (Lipinski definition) is 1. The maximum atomic E-state index is 12.0. The second-order valence-electron chi connectivity index (χ2n) is 2.65. The Bertz CT molecular complexity index is 134. The molecule has 0 aromatic rings. The quantitative estimate of drug-likeness (QED) is 0.556. The number of carbonyl (C=O) groups excluding carboxylic acids is 1. The van der Waals surface area contributed by atoms with Gasteiger partial charge < -0.3 is 0 Å². The van der Waals surface area contributed by atoms with Crippen LogP contribution in [0.1, 0.15) is 25.7 Å². The smallest absolute Gasteiger partial charge is 0.248 e. The fraction of sp³-hybridized carbons (Fsp3) is 0.857. The predicted octanol–water partition coefficient (Wildman–Crippen LogP) is 2.01. The molecule has 1 saturated carbocycles. The highest BCUT2D eigenvalue weighted by Crippen LogP contribution is 2.25. The van der Waals surface area contributed by atoms with Crippen LogP contribution >= 0.6 is 0 Å². The summed E-state index contributed by atoms with van der Waals surface area (Å²) in [6.45, 7) is 0. The molecule has 0 heterocycles. The molecule has 3 heteroatoms. The molecule has 1 nitrogen and oxygen atoms in total. The van der Waals surface area contributed by atoms with E-state index in [0.29, 0.717) is 12.8 Å². The van der Waals surface area contributed by atoms with Crippen LogP contribution in [-0.4, -0.2) is 12.2 Å². The summed E-state index contributed by atoms with van der Waals surface area (Å²) in [6.07, 6.45) is -0.123. The molecule has 0 aromatic heterocycles. The average Bonchev–Trinajstić information content (AvgIpc) is 1.88. The third-order valence-corrected chi connectivity index (χ3v) is 1.91. The van der Waals surface area contributed by atoms with E-state index in [-0.39, 0.29) is 5.78 Å². The summed E-state index contributed by atoms with van der Waals surface area (Å²) in [4.78, 5) is 10.8. The van der Waals surface area contributed by atoms with Gasteiger partial charge in [0.05, 0.1) is 5.92 Å². The second-order valence-corrected chi connectivity index (χ2v) is 2.65. The minimum Gasteiger partial charge on any atom is -0.299 e. The minimum absolute atomic E-state index is 0.249. The Labute approximate surface area is 58.4 Å². The lowest BCUT2D eigenvalue weighted by atomic mass is 9.88. The highest BCUT2D eigenvalue weighted by Gasteiger charge is 2.29. The molecule has 10 heavy (non-hydrogen) atoms. The van der Waals surface area contributed by atoms with Gasteiger partial charge in [-0.2, -0.15) is 0 Å². The third kappa shape index (κ3) is 1.52. The average molecular weight is 148 g/mol. The summed E-state index contributed by atoms with van der Waals surface area (Å²) in [6, 6.07) is 0. The SMILES string of the molecule is O=C1CCCC[C@@H]1C(F)F. The van der Waals surface area contributed by atoms with Crippen LogP contribution in [0.4, 0.5) is 8.78 Å². The van der Waals surface area contributed by atoms with Gasteiger partial charge in [-0.15, -0.1) is 0 Å². The van der Waals surface area contributed by atoms with Gasteiger partial charge in [-0.25, -0.2) is 8.78 Å². The summed E-state index contributed by atoms with van der Waals surface area (Å²) in [5.74, 6) is -1.20. The monoisotopic (exact) mass is 148 g/mol. The number of ketones is 1. The summed E-state index contributed by atoms with van der Waals surface area (Å²) in [5, 5.41) is 0. The summed E-state index contributed by atoms with van der Waals surface area (Å²) >= 11 is 0. The van der Waals surface area contributed by atoms with E-state index in [0.717, 1.165) is 12.8 Å². The zero-order valence-electron chi connectivity index (χ0n) is 5.65. The minimum atomic E-state index is -2.44. The van der Waals surface area contributed by atoms with Crippen LogP contribution in [-0.2, 0) is 4.79 Å². The molecule has 0 unspecified atom stereocenters. The molecule has 0 radical (unpaired) electrons. The highest BCUT2D eigenvalue weighted by atomic mass is 19.3. The Kier molecular flexibility index (Phi) is 2.35. The molecule has 1 fully saturated rings. The molecule has 0 aliphatic heterocycles. The lowest BCUT2D eigenvalue weighted by molar-refractivity contribution is -0.129. The van der Waals surface area contributed by atoms with Gasteiger partial charge in [0.15, 0.2) is 0 Å². The van der Waals surface area contributed by atoms with Gasteiger partial charge in [-0.3, -0.25) is 4.79 Å². The summed E-state index contributed by atoms with van der Waals surface area (Å²) in [7, 11) is 0. The van der Waals surface area contributed by atoms with Gasteiger partial charge in [0, 0.05) is 6.42 Å². The van der Waals surface area contributed by atoms with Gasteiger partial charge >= 0.3 is 0 Å². The number of rotatable bonds is 1. The van der Waals surface area contributed by atoms with Gasteiger partial charge in [0.1, 0.15) is 5.78 Å². The van der Waals surface area contributed by atoms with Gasteiger partial charge in [0.2, 0.25) is 6.43 Å². The third-order valence-electron chi connectivity index (χ3n) is 1.91. The highest BCUT2D eigenvalue weighted by molar-refractivity contribution is 5.81. The van der Waals surface area contributed by atoms with Crippen LogP contribution in [0.5, 0.6) is 0 Å². The molecule has 1 aliphatic rings. The molecule has 0 aromatic carbocycles. The topological polar surface area (TPSA) is 17.1 Å². The first kappa shape index (κ1) is 7.63. The molecule has 0 saturated heterocycles. The van der Waals surface area contributed by atoms with Crippen molar-refractivity contribution < 1.29 is 13.6 Å². The molecule has 0 amide bonds. The van der Waals surface area contributed by atoms with E-state index in [9.17, 15) is 13.6 Å². The van der Waals surface area contributed by atoms with Crippen molar-refractivity contribution in [2.24, 2.45) is 5.92 Å². The number of hydrogen-bond donors (Lipinski definition) is 0. The van der Waals surface area contributed by atoms with Crippen LogP contribution in [0, 0.1) is 5.92 Å². The number of alkyl halides is 2. The Hall–Kier alpha value is -0.470. The molecular formula is C7H10F2O. The molecule has 0 spiro atoms. The van der Waals surface area contributed by atoms with E-state index in [1.165, 1.54) is 0 Å². The fourth-order valence-electron chi connectivity index (χ4n) is 1.28. The molecular weight excluding hydrogens is 138 g/mol. The van der Waals surface area contributed by atoms with Gasteiger partial charge in [-0.05, 0) is 12.8 Å². The largest absolute Gasteiger partial charge is 0.299 e. The van der Waals surface area contributed by atoms with Crippen LogP contribution in [0.15, 0.2) is 0 Å². The van der Waals surface area contributed by atoms with Crippen molar-refractivity contribution in [3.05, 3.63) is 0 Å². The summed E-state index contributed by atoms with van der Waals surface area (Å²) < 4.78 is 23.9. The van der Waals surface area contributed by atoms with Gasteiger partial charge in [0.25, 0.3) is 0 Å². The van der Waals surface area contributed by atoms with Gasteiger partial charge in [-0.1, -0.05) is 6.42 Å². The zero-order chi connectivity index (χ0) is 7.56. The molecule has 0 bridgehead atoms. The van der Waals surface area contributed by atoms with Crippen LogP contribution < -0.4 is 0 Å². The van der Waals surface area contributed by atoms with Crippen molar-refractivity contribution in [2.75, 3.05) is 0 Å². The van der Waals surface area contributed by atoms with E-state index in [4.69, 9.17) is 0 Å². The standard InChI is InChI=1S/C7H10F2O/c8-7(9)5-3-1-2-4-6(5)10/h5,7H,1-4H2/t5-/m0/s1. The van der Waals surface area contributed by atoms with Crippen molar-refractivity contribution >= 4 is 5.78 Å². The number of Topliss-reactive ketones (excluding diaryl/α,β-unsaturated/α-hetero) is 1. The van der Waals surface area contributed by atoms with Crippen molar-refractivity contribution in [2.45, 2.75) is 32.1 Å². The van der Waals surface area contributed by atoms with Crippen molar-refractivity contribution in [3.8, 4) is 0 Å².